The first kappa shape index (κ1) is 17.0. The van der Waals surface area contributed by atoms with Crippen LogP contribution in [0.3, 0.4) is 0 Å². The number of carboxylic acid groups (broad SMARTS) is 1. The second kappa shape index (κ2) is 6.98. The first-order valence-electron chi connectivity index (χ1n) is 7.95. The van der Waals surface area contributed by atoms with Gasteiger partial charge in [-0.2, -0.15) is 4.98 Å². The lowest BCUT2D eigenvalue weighted by molar-refractivity contribution is 0.0294. The molecule has 1 saturated carbocycles. The van der Waals surface area contributed by atoms with Gasteiger partial charge in [0.25, 0.3) is 0 Å². The van der Waals surface area contributed by atoms with Crippen LogP contribution in [0.25, 0.3) is 0 Å². The van der Waals surface area contributed by atoms with Crippen LogP contribution in [0.2, 0.25) is 5.15 Å². The highest BCUT2D eigenvalue weighted by atomic mass is 35.5. The van der Waals surface area contributed by atoms with Gasteiger partial charge in [-0.05, 0) is 6.92 Å². The summed E-state index contributed by atoms with van der Waals surface area (Å²) >= 11 is 6.11. The van der Waals surface area contributed by atoms with Crippen LogP contribution in [0, 0.1) is 0 Å². The number of carbonyl (C=O) groups is 1. The van der Waals surface area contributed by atoms with E-state index in [4.69, 9.17) is 26.2 Å². The minimum atomic E-state index is -0.924. The molecule has 1 aromatic heterocycles. The second-order valence-corrected chi connectivity index (χ2v) is 6.59. The number of ether oxygens (including phenoxy) is 2. The summed E-state index contributed by atoms with van der Waals surface area (Å²) in [5.74, 6) is 0.956. The maximum absolute atomic E-state index is 10.9. The molecule has 0 unspecified atom stereocenters. The number of amides is 1. The van der Waals surface area contributed by atoms with Crippen molar-refractivity contribution >= 4 is 23.6 Å². The fourth-order valence-electron chi connectivity index (χ4n) is 2.88. The summed E-state index contributed by atoms with van der Waals surface area (Å²) < 4.78 is 11.3. The van der Waals surface area contributed by atoms with Crippen molar-refractivity contribution in [3.8, 4) is 5.88 Å². The topological polar surface area (TPSA) is 88.0 Å². The Hall–Kier alpha value is -1.80. The average Bonchev–Trinajstić information content (AvgIpc) is 2.49. The molecular formula is C15H21ClN4O4. The number of halogens is 1. The largest absolute Gasteiger partial charge is 0.474 e. The van der Waals surface area contributed by atoms with Gasteiger partial charge >= 0.3 is 6.09 Å². The third-order valence-electron chi connectivity index (χ3n) is 4.49. The summed E-state index contributed by atoms with van der Waals surface area (Å²) in [5, 5.41) is 9.29. The molecule has 0 aromatic carbocycles. The van der Waals surface area contributed by atoms with Crippen LogP contribution in [0.4, 0.5) is 10.7 Å². The van der Waals surface area contributed by atoms with Crippen LogP contribution in [-0.2, 0) is 4.74 Å². The predicted octanol–water partition coefficient (Wildman–Crippen LogP) is 1.87. The van der Waals surface area contributed by atoms with E-state index in [1.54, 1.807) is 13.1 Å². The lowest BCUT2D eigenvalue weighted by Gasteiger charge is -2.39. The van der Waals surface area contributed by atoms with Crippen molar-refractivity contribution in [3.05, 3.63) is 11.2 Å². The average molecular weight is 357 g/mol. The summed E-state index contributed by atoms with van der Waals surface area (Å²) in [6.07, 6.45) is 0.311. The molecule has 9 heteroatoms. The minimum absolute atomic E-state index is 0.0106. The molecule has 132 valence electrons. The highest BCUT2D eigenvalue weighted by Gasteiger charge is 2.36. The fourth-order valence-corrected chi connectivity index (χ4v) is 3.04. The van der Waals surface area contributed by atoms with E-state index in [2.05, 4.69) is 9.97 Å². The van der Waals surface area contributed by atoms with Crippen LogP contribution in [0.15, 0.2) is 6.07 Å². The Morgan fingerprint density at radius 3 is 2.92 bits per heavy atom. The lowest BCUT2D eigenvalue weighted by Crippen LogP contribution is -2.49. The van der Waals surface area contributed by atoms with E-state index in [1.807, 2.05) is 11.8 Å². The van der Waals surface area contributed by atoms with Crippen molar-refractivity contribution in [3.63, 3.8) is 0 Å². The number of anilines is 1. The molecule has 1 aliphatic heterocycles. The Morgan fingerprint density at radius 1 is 1.50 bits per heavy atom. The van der Waals surface area contributed by atoms with Crippen molar-refractivity contribution in [2.24, 2.45) is 0 Å². The summed E-state index contributed by atoms with van der Waals surface area (Å²) in [4.78, 5) is 23.0. The first-order valence-corrected chi connectivity index (χ1v) is 8.33. The van der Waals surface area contributed by atoms with Gasteiger partial charge in [-0.15, -0.1) is 0 Å². The maximum atomic E-state index is 10.9. The molecule has 1 atom stereocenters. The molecule has 8 nitrogen and oxygen atoms in total. The number of hydrogen-bond donors (Lipinski definition) is 1. The zero-order valence-corrected chi connectivity index (χ0v) is 14.4. The van der Waals surface area contributed by atoms with E-state index in [0.29, 0.717) is 49.6 Å². The summed E-state index contributed by atoms with van der Waals surface area (Å²) in [6, 6.07) is 1.75. The van der Waals surface area contributed by atoms with Gasteiger partial charge in [-0.25, -0.2) is 9.78 Å². The van der Waals surface area contributed by atoms with Crippen molar-refractivity contribution < 1.29 is 19.4 Å². The number of hydrogen-bond acceptors (Lipinski definition) is 6. The van der Waals surface area contributed by atoms with Crippen molar-refractivity contribution in [1.82, 2.24) is 14.9 Å². The van der Waals surface area contributed by atoms with E-state index in [1.165, 1.54) is 4.90 Å². The molecule has 1 amide bonds. The lowest BCUT2D eigenvalue weighted by atomic mass is 9.88. The van der Waals surface area contributed by atoms with E-state index < -0.39 is 6.09 Å². The zero-order chi connectivity index (χ0) is 17.3. The summed E-state index contributed by atoms with van der Waals surface area (Å²) in [7, 11) is 1.57. The summed E-state index contributed by atoms with van der Waals surface area (Å²) in [6.45, 7) is 4.00. The Labute approximate surface area is 145 Å². The van der Waals surface area contributed by atoms with Crippen LogP contribution in [-0.4, -0.2) is 71.1 Å². The van der Waals surface area contributed by atoms with Gasteiger partial charge in [0.05, 0.1) is 19.3 Å². The van der Waals surface area contributed by atoms with Gasteiger partial charge in [0.2, 0.25) is 11.8 Å². The third-order valence-corrected chi connectivity index (χ3v) is 4.68. The SMILES string of the molecule is C[C@H]1COCCN1c1nc(Cl)cc(O[C@H]2C[C@H](N(C)C(=O)O)C2)n1. The van der Waals surface area contributed by atoms with Crippen LogP contribution < -0.4 is 9.64 Å². The highest BCUT2D eigenvalue weighted by Crippen LogP contribution is 2.30. The van der Waals surface area contributed by atoms with Gasteiger partial charge in [0, 0.05) is 38.5 Å². The molecule has 2 aliphatic rings. The molecule has 2 fully saturated rings. The van der Waals surface area contributed by atoms with Crippen LogP contribution in [0.5, 0.6) is 5.88 Å². The molecule has 1 saturated heterocycles. The van der Waals surface area contributed by atoms with Crippen molar-refractivity contribution in [2.45, 2.75) is 38.0 Å². The molecule has 2 heterocycles. The number of morpholine rings is 1. The van der Waals surface area contributed by atoms with E-state index >= 15 is 0 Å². The van der Waals surface area contributed by atoms with E-state index in [-0.39, 0.29) is 18.2 Å². The molecule has 0 bridgehead atoms. The molecule has 0 spiro atoms. The molecule has 24 heavy (non-hydrogen) atoms. The molecule has 1 aromatic rings. The number of nitrogens with zero attached hydrogens (tertiary/aromatic N) is 4. The fraction of sp³-hybridized carbons (Fsp3) is 0.667. The Balaban J connectivity index is 1.64. The number of aromatic nitrogens is 2. The van der Waals surface area contributed by atoms with Gasteiger partial charge in [0.1, 0.15) is 11.3 Å². The summed E-state index contributed by atoms with van der Waals surface area (Å²) in [5.41, 5.74) is 0. The van der Waals surface area contributed by atoms with Gasteiger partial charge in [-0.3, -0.25) is 0 Å². The number of rotatable bonds is 4. The maximum Gasteiger partial charge on any atom is 0.407 e. The molecule has 1 N–H and O–H groups in total. The quantitative estimate of drug-likeness (QED) is 0.824. The zero-order valence-electron chi connectivity index (χ0n) is 13.7. The molecular weight excluding hydrogens is 336 g/mol. The standard InChI is InChI=1S/C15H21ClN4O4/c1-9-8-23-4-3-20(9)14-17-12(16)7-13(18-14)24-11-5-10(6-11)19(2)15(21)22/h7,9-11H,3-6,8H2,1-2H3,(H,21,22)/t9-,10-,11-/m0/s1. The minimum Gasteiger partial charge on any atom is -0.474 e. The second-order valence-electron chi connectivity index (χ2n) is 6.20. The van der Waals surface area contributed by atoms with E-state index in [0.717, 1.165) is 0 Å². The Kier molecular flexibility index (Phi) is 4.96. The predicted molar refractivity (Wildman–Crippen MR) is 87.9 cm³/mol. The normalized spacial score (nSPS) is 26.6. The van der Waals surface area contributed by atoms with Crippen molar-refractivity contribution in [1.29, 1.82) is 0 Å². The van der Waals surface area contributed by atoms with Gasteiger partial charge in [-0.1, -0.05) is 11.6 Å². The Bertz CT molecular complexity index is 611. The highest BCUT2D eigenvalue weighted by molar-refractivity contribution is 6.29. The van der Waals surface area contributed by atoms with Crippen LogP contribution in [0.1, 0.15) is 19.8 Å². The van der Waals surface area contributed by atoms with E-state index in [9.17, 15) is 4.79 Å². The van der Waals surface area contributed by atoms with Crippen LogP contribution >= 0.6 is 11.6 Å². The monoisotopic (exact) mass is 356 g/mol. The molecule has 0 radical (unpaired) electrons. The van der Waals surface area contributed by atoms with Gasteiger partial charge < -0.3 is 24.4 Å². The Morgan fingerprint density at radius 2 is 2.25 bits per heavy atom. The third kappa shape index (κ3) is 3.64. The molecule has 3 rings (SSSR count). The smallest absolute Gasteiger partial charge is 0.407 e. The first-order chi connectivity index (χ1) is 11.4. The van der Waals surface area contributed by atoms with Gasteiger partial charge in [0.15, 0.2) is 0 Å². The molecule has 1 aliphatic carbocycles. The van der Waals surface area contributed by atoms with Crippen molar-refractivity contribution in [2.75, 3.05) is 31.7 Å².